The van der Waals surface area contributed by atoms with E-state index in [1.807, 2.05) is 58.9 Å². The number of carbonyl (C=O) groups excluding carboxylic acids is 1. The molecule has 1 aromatic carbocycles. The molecule has 1 aliphatic rings. The van der Waals surface area contributed by atoms with Gasteiger partial charge in [0.25, 0.3) is 0 Å². The van der Waals surface area contributed by atoms with Crippen molar-refractivity contribution in [2.75, 3.05) is 13.1 Å². The van der Waals surface area contributed by atoms with Gasteiger partial charge in [0.05, 0.1) is 12.1 Å². The molecule has 2 aromatic rings. The standard InChI is InChI=1S/C20H27N3O4/c1-12-10-23(19(26)27-20(3,4)5)16(11-22(12)18(24)25)17-13(2)21-15-9-7-6-8-14(15)17/h6-9,12,16,21H,10-11H2,1-5H3,(H,24,25)/t12-,16+/m1/s1. The Morgan fingerprint density at radius 3 is 2.48 bits per heavy atom. The molecule has 0 aliphatic carbocycles. The number of piperazine rings is 1. The molecule has 7 nitrogen and oxygen atoms in total. The van der Waals surface area contributed by atoms with E-state index in [0.717, 1.165) is 22.2 Å². The molecular formula is C20H27N3O4. The van der Waals surface area contributed by atoms with Crippen molar-refractivity contribution >= 4 is 23.1 Å². The molecular weight excluding hydrogens is 346 g/mol. The highest BCUT2D eigenvalue weighted by molar-refractivity contribution is 5.86. The highest BCUT2D eigenvalue weighted by Crippen LogP contribution is 2.36. The predicted octanol–water partition coefficient (Wildman–Crippen LogP) is 4.14. The SMILES string of the molecule is Cc1[nH]c2ccccc2c1[C@@H]1CN(C(=O)O)[C@H](C)CN1C(=O)OC(C)(C)C. The molecule has 146 valence electrons. The minimum Gasteiger partial charge on any atom is -0.465 e. The predicted molar refractivity (Wildman–Crippen MR) is 103 cm³/mol. The first-order valence-corrected chi connectivity index (χ1v) is 9.15. The Hall–Kier alpha value is -2.70. The van der Waals surface area contributed by atoms with Crippen molar-refractivity contribution < 1.29 is 19.4 Å². The quantitative estimate of drug-likeness (QED) is 0.787. The number of carboxylic acid groups (broad SMARTS) is 1. The Morgan fingerprint density at radius 2 is 1.85 bits per heavy atom. The number of aromatic amines is 1. The summed E-state index contributed by atoms with van der Waals surface area (Å²) >= 11 is 0. The van der Waals surface area contributed by atoms with Crippen LogP contribution in [0.5, 0.6) is 0 Å². The topological polar surface area (TPSA) is 85.9 Å². The van der Waals surface area contributed by atoms with Crippen molar-refractivity contribution in [3.8, 4) is 0 Å². The van der Waals surface area contributed by atoms with Gasteiger partial charge < -0.3 is 19.7 Å². The van der Waals surface area contributed by atoms with Crippen molar-refractivity contribution in [1.29, 1.82) is 0 Å². The number of nitrogens with zero attached hydrogens (tertiary/aromatic N) is 2. The van der Waals surface area contributed by atoms with Crippen LogP contribution in [-0.2, 0) is 4.74 Å². The molecule has 0 bridgehead atoms. The molecule has 2 N–H and O–H groups in total. The van der Waals surface area contributed by atoms with Crippen molar-refractivity contribution in [2.45, 2.75) is 52.3 Å². The Bertz CT molecular complexity index is 868. The van der Waals surface area contributed by atoms with Crippen LogP contribution in [-0.4, -0.2) is 56.8 Å². The van der Waals surface area contributed by atoms with Gasteiger partial charge in [0.2, 0.25) is 0 Å². The van der Waals surface area contributed by atoms with Crippen LogP contribution in [0.3, 0.4) is 0 Å². The fraction of sp³-hybridized carbons (Fsp3) is 0.500. The first-order chi connectivity index (χ1) is 12.6. The van der Waals surface area contributed by atoms with Crippen LogP contribution in [0, 0.1) is 6.92 Å². The summed E-state index contributed by atoms with van der Waals surface area (Å²) in [7, 11) is 0. The van der Waals surface area contributed by atoms with Crippen LogP contribution >= 0.6 is 0 Å². The number of aromatic nitrogens is 1. The number of hydrogen-bond donors (Lipinski definition) is 2. The number of para-hydroxylation sites is 1. The van der Waals surface area contributed by atoms with E-state index in [-0.39, 0.29) is 19.1 Å². The largest absolute Gasteiger partial charge is 0.465 e. The zero-order valence-electron chi connectivity index (χ0n) is 16.4. The molecule has 7 heteroatoms. The van der Waals surface area contributed by atoms with Crippen LogP contribution in [0.25, 0.3) is 10.9 Å². The number of nitrogens with one attached hydrogen (secondary N) is 1. The zero-order chi connectivity index (χ0) is 19.9. The summed E-state index contributed by atoms with van der Waals surface area (Å²) in [5, 5.41) is 10.6. The third-order valence-electron chi connectivity index (χ3n) is 4.89. The minimum absolute atomic E-state index is 0.207. The molecule has 1 aliphatic heterocycles. The van der Waals surface area contributed by atoms with Crippen LogP contribution in [0.2, 0.25) is 0 Å². The molecule has 2 amide bonds. The lowest BCUT2D eigenvalue weighted by atomic mass is 9.97. The molecule has 0 radical (unpaired) electrons. The van der Waals surface area contributed by atoms with Gasteiger partial charge >= 0.3 is 12.2 Å². The van der Waals surface area contributed by atoms with Gasteiger partial charge in [0, 0.05) is 35.2 Å². The van der Waals surface area contributed by atoms with E-state index in [9.17, 15) is 14.7 Å². The maximum Gasteiger partial charge on any atom is 0.410 e. The van der Waals surface area contributed by atoms with E-state index in [0.29, 0.717) is 0 Å². The van der Waals surface area contributed by atoms with E-state index in [2.05, 4.69) is 4.98 Å². The lowest BCUT2D eigenvalue weighted by molar-refractivity contribution is -0.0110. The smallest absolute Gasteiger partial charge is 0.410 e. The summed E-state index contributed by atoms with van der Waals surface area (Å²) in [5.74, 6) is 0. The van der Waals surface area contributed by atoms with E-state index in [1.165, 1.54) is 4.90 Å². The fourth-order valence-corrected chi connectivity index (χ4v) is 3.74. The average Bonchev–Trinajstić information content (AvgIpc) is 2.88. The Kier molecular flexibility index (Phi) is 4.80. The molecule has 0 unspecified atom stereocenters. The molecule has 0 saturated carbocycles. The van der Waals surface area contributed by atoms with Gasteiger partial charge in [-0.1, -0.05) is 18.2 Å². The van der Waals surface area contributed by atoms with Gasteiger partial charge in [-0.15, -0.1) is 0 Å². The van der Waals surface area contributed by atoms with Crippen molar-refractivity contribution in [2.24, 2.45) is 0 Å². The Labute approximate surface area is 158 Å². The van der Waals surface area contributed by atoms with Gasteiger partial charge in [0.1, 0.15) is 5.60 Å². The number of H-pyrrole nitrogens is 1. The molecule has 27 heavy (non-hydrogen) atoms. The lowest BCUT2D eigenvalue weighted by Gasteiger charge is -2.44. The third-order valence-corrected chi connectivity index (χ3v) is 4.89. The Morgan fingerprint density at radius 1 is 1.19 bits per heavy atom. The molecule has 3 rings (SSSR count). The van der Waals surface area contributed by atoms with Gasteiger partial charge in [-0.25, -0.2) is 9.59 Å². The highest BCUT2D eigenvalue weighted by Gasteiger charge is 2.40. The summed E-state index contributed by atoms with van der Waals surface area (Å²) in [4.78, 5) is 31.0. The number of aryl methyl sites for hydroxylation is 1. The van der Waals surface area contributed by atoms with E-state index in [4.69, 9.17) is 4.74 Å². The van der Waals surface area contributed by atoms with Crippen LogP contribution in [0.4, 0.5) is 9.59 Å². The number of fused-ring (bicyclic) bond motifs is 1. The minimum atomic E-state index is -0.978. The number of carbonyl (C=O) groups is 2. The molecule has 1 aromatic heterocycles. The summed E-state index contributed by atoms with van der Waals surface area (Å²) < 4.78 is 5.61. The molecule has 2 atom stereocenters. The normalized spacial score (nSPS) is 20.8. The number of ether oxygens (including phenoxy) is 1. The maximum absolute atomic E-state index is 12.9. The number of rotatable bonds is 1. The molecule has 2 heterocycles. The van der Waals surface area contributed by atoms with E-state index < -0.39 is 23.8 Å². The van der Waals surface area contributed by atoms with Crippen molar-refractivity contribution in [3.63, 3.8) is 0 Å². The van der Waals surface area contributed by atoms with Gasteiger partial charge in [0.15, 0.2) is 0 Å². The fourth-order valence-electron chi connectivity index (χ4n) is 3.74. The van der Waals surface area contributed by atoms with Gasteiger partial charge in [-0.05, 0) is 40.7 Å². The lowest BCUT2D eigenvalue weighted by Crippen LogP contribution is -2.57. The van der Waals surface area contributed by atoms with Crippen LogP contribution < -0.4 is 0 Å². The Balaban J connectivity index is 2.06. The van der Waals surface area contributed by atoms with E-state index >= 15 is 0 Å². The van der Waals surface area contributed by atoms with E-state index in [1.54, 1.807) is 4.90 Å². The summed E-state index contributed by atoms with van der Waals surface area (Å²) in [6.45, 7) is 9.73. The average molecular weight is 373 g/mol. The maximum atomic E-state index is 12.9. The summed E-state index contributed by atoms with van der Waals surface area (Å²) in [5.41, 5.74) is 2.21. The zero-order valence-corrected chi connectivity index (χ0v) is 16.4. The number of hydrogen-bond acceptors (Lipinski definition) is 3. The van der Waals surface area contributed by atoms with Crippen molar-refractivity contribution in [1.82, 2.24) is 14.8 Å². The summed E-state index contributed by atoms with van der Waals surface area (Å²) in [6, 6.07) is 7.13. The third kappa shape index (κ3) is 3.72. The molecule has 1 fully saturated rings. The first kappa shape index (κ1) is 19.1. The monoisotopic (exact) mass is 373 g/mol. The van der Waals surface area contributed by atoms with Gasteiger partial charge in [-0.2, -0.15) is 0 Å². The van der Waals surface area contributed by atoms with Crippen LogP contribution in [0.1, 0.15) is 45.0 Å². The summed E-state index contributed by atoms with van der Waals surface area (Å²) in [6.07, 6.45) is -1.40. The molecule has 0 spiro atoms. The van der Waals surface area contributed by atoms with Crippen molar-refractivity contribution in [3.05, 3.63) is 35.5 Å². The first-order valence-electron chi connectivity index (χ1n) is 9.15. The van der Waals surface area contributed by atoms with Crippen LogP contribution in [0.15, 0.2) is 24.3 Å². The highest BCUT2D eigenvalue weighted by atomic mass is 16.6. The molecule has 1 saturated heterocycles. The second-order valence-corrected chi connectivity index (χ2v) is 8.14. The number of benzene rings is 1. The van der Waals surface area contributed by atoms with Gasteiger partial charge in [-0.3, -0.25) is 4.90 Å². The second kappa shape index (κ2) is 6.79. The number of amides is 2. The second-order valence-electron chi connectivity index (χ2n) is 8.14.